The van der Waals surface area contributed by atoms with Crippen molar-refractivity contribution in [1.29, 1.82) is 0 Å². The van der Waals surface area contributed by atoms with Crippen LogP contribution in [0.4, 0.5) is 0 Å². The van der Waals surface area contributed by atoms with E-state index in [9.17, 15) is 42.8 Å². The molecule has 10 heterocycles. The molecule has 477 valence electrons. The summed E-state index contributed by atoms with van der Waals surface area (Å²) >= 11 is 0. The maximum absolute atomic E-state index is 12.8. The third-order valence-corrected chi connectivity index (χ3v) is 21.1. The van der Waals surface area contributed by atoms with Crippen LogP contribution in [0.15, 0.2) is 189 Å². The van der Waals surface area contributed by atoms with Crippen LogP contribution in [0.3, 0.4) is 0 Å². The van der Waals surface area contributed by atoms with E-state index in [1.807, 2.05) is 121 Å². The smallest absolute Gasteiger partial charge is 0.744 e. The number of benzene rings is 8. The van der Waals surface area contributed by atoms with E-state index in [1.54, 1.807) is 24.3 Å². The second kappa shape index (κ2) is 22.2. The molecule has 4 aliphatic rings. The van der Waals surface area contributed by atoms with Crippen molar-refractivity contribution < 1.29 is 59.8 Å². The van der Waals surface area contributed by atoms with Gasteiger partial charge in [-0.3, -0.25) is 0 Å². The van der Waals surface area contributed by atoms with Gasteiger partial charge < -0.3 is 29.0 Å². The van der Waals surface area contributed by atoms with Gasteiger partial charge in [0.2, 0.25) is 0 Å². The number of H-pyrrole nitrogens is 4. The van der Waals surface area contributed by atoms with Crippen LogP contribution in [0.5, 0.6) is 0 Å². The number of aromatic nitrogens is 16. The number of nitrogens with zero attached hydrogens (tertiary/aromatic N) is 12. The van der Waals surface area contributed by atoms with E-state index in [4.69, 9.17) is 71.2 Å². The molecule has 6 aromatic heterocycles. The number of nitrogens with one attached hydrogen (secondary N) is 4. The van der Waals surface area contributed by atoms with Gasteiger partial charge in [0.05, 0.1) is 9.79 Å². The van der Waals surface area contributed by atoms with Gasteiger partial charge in [0, 0.05) is 109 Å². The predicted octanol–water partition coefficient (Wildman–Crippen LogP) is 11.4. The molecule has 0 saturated heterocycles. The molecule has 1 radical (unpaired) electrons. The standard InChI is InChI=1S/2C32H17ClN8O5S2.Cu/c2*33-47(42,43)22-14-13-21-23(24(22)48(44,45)46)32-40-30-20-12-6-5-11-19(20)28(38-30)36-26-16-8-2-1-7-15(16)25(34-26)35-27-17-9-3-4-10-18(17)29(37-27)39-31(21)41-32;/h2*1-14H,(H,44,45,46)(H2,34,35,36,37,38,39,40,41);/q;;+2/p-2. The first-order valence-electron chi connectivity index (χ1n) is 28.4. The largest absolute Gasteiger partial charge is 2.00 e. The summed E-state index contributed by atoms with van der Waals surface area (Å²) in [5.74, 6) is 2.02. The van der Waals surface area contributed by atoms with Crippen LogP contribution >= 0.6 is 21.4 Å². The minimum absolute atomic E-state index is 0. The Kier molecular flexibility index (Phi) is 14.0. The molecule has 0 spiro atoms. The molecule has 16 bridgehead atoms. The van der Waals surface area contributed by atoms with Crippen molar-refractivity contribution in [3.8, 4) is 91.1 Å². The van der Waals surface area contributed by atoms with Gasteiger partial charge in [-0.2, -0.15) is 0 Å². The van der Waals surface area contributed by atoms with Crippen LogP contribution in [-0.2, 0) is 55.4 Å². The Hall–Kier alpha value is -10.7. The molecule has 26 nitrogen and oxygen atoms in total. The average Bonchev–Trinajstić information content (AvgIpc) is 1.63. The molecule has 18 rings (SSSR count). The summed E-state index contributed by atoms with van der Waals surface area (Å²) < 4.78 is 127. The van der Waals surface area contributed by atoms with Crippen LogP contribution in [0.2, 0.25) is 0 Å². The van der Waals surface area contributed by atoms with E-state index in [2.05, 4.69) is 29.9 Å². The summed E-state index contributed by atoms with van der Waals surface area (Å²) in [6, 6.07) is 48.7. The van der Waals surface area contributed by atoms with E-state index in [0.29, 0.717) is 90.4 Å². The van der Waals surface area contributed by atoms with E-state index in [0.717, 1.165) is 33.7 Å². The van der Waals surface area contributed by atoms with Gasteiger partial charge >= 0.3 is 17.1 Å². The predicted molar refractivity (Wildman–Crippen MR) is 354 cm³/mol. The first kappa shape index (κ1) is 61.2. The molecule has 4 aliphatic heterocycles. The zero-order valence-corrected chi connectivity index (χ0v) is 54.0. The van der Waals surface area contributed by atoms with Crippen molar-refractivity contribution in [2.45, 2.75) is 19.6 Å². The van der Waals surface area contributed by atoms with E-state index in [1.165, 1.54) is 12.1 Å². The Morgan fingerprint density at radius 3 is 0.670 bits per heavy atom. The van der Waals surface area contributed by atoms with E-state index in [-0.39, 0.29) is 84.5 Å². The maximum Gasteiger partial charge on any atom is 2.00 e. The van der Waals surface area contributed by atoms with Gasteiger partial charge in [0.1, 0.15) is 75.2 Å². The van der Waals surface area contributed by atoms with Crippen LogP contribution in [0.1, 0.15) is 0 Å². The Labute approximate surface area is 564 Å². The molecule has 14 aromatic rings. The van der Waals surface area contributed by atoms with Gasteiger partial charge in [0.25, 0.3) is 18.1 Å². The summed E-state index contributed by atoms with van der Waals surface area (Å²) in [4.78, 5) is 66.0. The second-order valence-electron chi connectivity index (χ2n) is 21.9. The van der Waals surface area contributed by atoms with Crippen molar-refractivity contribution >= 4 is 148 Å². The Bertz CT molecular complexity index is 6360. The fourth-order valence-electron chi connectivity index (χ4n) is 12.2. The monoisotopic (exact) mass is 1450 g/mol. The number of aromatic amines is 4. The van der Waals surface area contributed by atoms with Gasteiger partial charge in [0.15, 0.2) is 46.6 Å². The van der Waals surface area contributed by atoms with Gasteiger partial charge in [-0.1, -0.05) is 146 Å². The molecule has 97 heavy (non-hydrogen) atoms. The minimum atomic E-state index is -5.44. The third kappa shape index (κ3) is 10.2. The molecular formula is C64H32Cl2CuN16O10S4. The number of rotatable bonds is 4. The third-order valence-electron chi connectivity index (χ3n) is 16.3. The Balaban J connectivity index is 0.000000151. The topological polar surface area (TPSA) is 401 Å². The van der Waals surface area contributed by atoms with E-state index < -0.39 is 57.9 Å². The summed E-state index contributed by atoms with van der Waals surface area (Å²) in [5, 5.41) is 2.72. The molecule has 4 N–H and O–H groups in total. The number of fused-ring (bicyclic) bond motifs is 40. The molecule has 0 unspecified atom stereocenters. The zero-order valence-electron chi connectivity index (χ0n) is 48.3. The summed E-state index contributed by atoms with van der Waals surface area (Å²) in [6.45, 7) is 0. The SMILES string of the molecule is O=S(=O)([O-])c1c(S(=O)(=O)Cl)ccc2c3nc4nc(nc5[nH]c(nc6nc(nc([nH]3)c12)-c1ccccc1-6)c1ccccc51)-c1ccccc1-4.O=S(=O)([O-])c1c(S(=O)(=O)Cl)ccc2c3nc4nc(nc5[nH]c(nc6nc(nc([nH]3)c12)-c1ccccc1-6)c1ccccc51)-c1ccccc1-4.[Cu+2]. The summed E-state index contributed by atoms with van der Waals surface area (Å²) in [5.41, 5.74) is 6.75. The normalized spacial score (nSPS) is 12.6. The number of halogens is 2. The van der Waals surface area contributed by atoms with Crippen molar-refractivity contribution in [1.82, 2.24) is 79.7 Å². The van der Waals surface area contributed by atoms with Crippen molar-refractivity contribution in [2.24, 2.45) is 0 Å². The first-order chi connectivity index (χ1) is 46.1. The molecule has 0 aliphatic carbocycles. The van der Waals surface area contributed by atoms with E-state index >= 15 is 0 Å². The molecule has 0 atom stereocenters. The van der Waals surface area contributed by atoms with Crippen molar-refractivity contribution in [2.75, 3.05) is 0 Å². The van der Waals surface area contributed by atoms with Crippen LogP contribution in [0, 0.1) is 0 Å². The second-order valence-corrected chi connectivity index (χ2v) is 29.6. The molecule has 0 saturated carbocycles. The average molecular weight is 1450 g/mol. The number of hydrogen-bond donors (Lipinski definition) is 4. The summed E-state index contributed by atoms with van der Waals surface area (Å²) in [6.07, 6.45) is 0. The van der Waals surface area contributed by atoms with Crippen molar-refractivity contribution in [3.63, 3.8) is 0 Å². The van der Waals surface area contributed by atoms with Crippen LogP contribution in [-0.4, -0.2) is 123 Å². The van der Waals surface area contributed by atoms with Crippen molar-refractivity contribution in [3.05, 3.63) is 170 Å². The fourth-order valence-corrected chi connectivity index (χ4v) is 17.2. The quantitative estimate of drug-likeness (QED) is 0.0722. The summed E-state index contributed by atoms with van der Waals surface area (Å²) in [7, 11) is -9.00. The first-order valence-corrected chi connectivity index (χ1v) is 35.9. The fraction of sp³-hybridized carbons (Fsp3) is 0. The van der Waals surface area contributed by atoms with Crippen LogP contribution in [0.25, 0.3) is 179 Å². The van der Waals surface area contributed by atoms with Gasteiger partial charge in [-0.05, 0) is 24.3 Å². The molecule has 0 fully saturated rings. The maximum atomic E-state index is 12.8. The van der Waals surface area contributed by atoms with Crippen LogP contribution < -0.4 is 0 Å². The molecular weight excluding hydrogens is 1420 g/mol. The molecule has 0 amide bonds. The molecule has 33 heteroatoms. The molecule has 8 aromatic carbocycles. The van der Waals surface area contributed by atoms with Gasteiger partial charge in [-0.15, -0.1) is 0 Å². The number of hydrogen-bond acceptors (Lipinski definition) is 22. The Morgan fingerprint density at radius 1 is 0.258 bits per heavy atom. The Morgan fingerprint density at radius 2 is 0.454 bits per heavy atom. The van der Waals surface area contributed by atoms with Gasteiger partial charge in [-0.25, -0.2) is 93.5 Å². The zero-order chi connectivity index (χ0) is 65.9. The minimum Gasteiger partial charge on any atom is -0.744 e.